The Morgan fingerprint density at radius 3 is 2.81 bits per heavy atom. The zero-order valence-electron chi connectivity index (χ0n) is 15.2. The van der Waals surface area contributed by atoms with Gasteiger partial charge in [0.2, 0.25) is 0 Å². The molecule has 1 atom stereocenters. The molecular formula is C20H26N2O4. The summed E-state index contributed by atoms with van der Waals surface area (Å²) in [5.74, 6) is 0.764. The SMILES string of the molecule is CC(CNC(=O)COc1ccc2ccc(=O)oc2c1)CN1CCCCC1. The Morgan fingerprint density at radius 1 is 1.23 bits per heavy atom. The molecule has 1 fully saturated rings. The van der Waals surface area contributed by atoms with Crippen molar-refractivity contribution >= 4 is 16.9 Å². The standard InChI is InChI=1S/C20H26N2O4/c1-15(13-22-9-3-2-4-10-22)12-21-19(23)14-25-17-7-5-16-6-8-20(24)26-18(16)11-17/h5-8,11,15H,2-4,9-10,12-14H2,1H3,(H,21,23). The first kappa shape index (κ1) is 18.5. The monoisotopic (exact) mass is 358 g/mol. The minimum Gasteiger partial charge on any atom is -0.484 e. The average molecular weight is 358 g/mol. The lowest BCUT2D eigenvalue weighted by Gasteiger charge is -2.29. The second-order valence-electron chi connectivity index (χ2n) is 7.01. The quantitative estimate of drug-likeness (QED) is 0.770. The molecule has 6 heteroatoms. The molecule has 0 spiro atoms. The van der Waals surface area contributed by atoms with Crippen molar-refractivity contribution in [1.29, 1.82) is 0 Å². The van der Waals surface area contributed by atoms with Gasteiger partial charge in [0, 0.05) is 30.6 Å². The molecule has 2 aromatic rings. The van der Waals surface area contributed by atoms with Crippen LogP contribution in [0.2, 0.25) is 0 Å². The van der Waals surface area contributed by atoms with Crippen LogP contribution in [0.3, 0.4) is 0 Å². The van der Waals surface area contributed by atoms with Gasteiger partial charge in [0.25, 0.3) is 5.91 Å². The van der Waals surface area contributed by atoms with E-state index < -0.39 is 5.63 Å². The Hall–Kier alpha value is -2.34. The summed E-state index contributed by atoms with van der Waals surface area (Å²) in [5.41, 5.74) is 0.0423. The maximum atomic E-state index is 12.0. The Morgan fingerprint density at radius 2 is 2.00 bits per heavy atom. The van der Waals surface area contributed by atoms with Crippen LogP contribution in [0.25, 0.3) is 11.0 Å². The van der Waals surface area contributed by atoms with Crippen LogP contribution in [0.5, 0.6) is 5.75 Å². The fourth-order valence-corrected chi connectivity index (χ4v) is 3.27. The van der Waals surface area contributed by atoms with Crippen molar-refractivity contribution in [3.05, 3.63) is 40.8 Å². The van der Waals surface area contributed by atoms with Gasteiger partial charge in [-0.2, -0.15) is 0 Å². The van der Waals surface area contributed by atoms with Gasteiger partial charge in [0.05, 0.1) is 0 Å². The molecule has 2 heterocycles. The summed E-state index contributed by atoms with van der Waals surface area (Å²) in [4.78, 5) is 25.8. The number of ether oxygens (including phenoxy) is 1. The van der Waals surface area contributed by atoms with Crippen molar-refractivity contribution in [1.82, 2.24) is 10.2 Å². The molecule has 1 aliphatic heterocycles. The molecule has 1 unspecified atom stereocenters. The molecule has 0 aliphatic carbocycles. The van der Waals surface area contributed by atoms with Crippen LogP contribution >= 0.6 is 0 Å². The van der Waals surface area contributed by atoms with Crippen molar-refractivity contribution in [2.45, 2.75) is 26.2 Å². The summed E-state index contributed by atoms with van der Waals surface area (Å²) in [6, 6.07) is 8.26. The zero-order valence-corrected chi connectivity index (χ0v) is 15.2. The highest BCUT2D eigenvalue weighted by atomic mass is 16.5. The first-order chi connectivity index (χ1) is 12.6. The van der Waals surface area contributed by atoms with E-state index in [9.17, 15) is 9.59 Å². The van der Waals surface area contributed by atoms with E-state index in [2.05, 4.69) is 17.1 Å². The Bertz CT molecular complexity index is 796. The van der Waals surface area contributed by atoms with Gasteiger partial charge >= 0.3 is 5.63 Å². The van der Waals surface area contributed by atoms with Gasteiger partial charge in [-0.3, -0.25) is 4.79 Å². The smallest absolute Gasteiger partial charge is 0.336 e. The first-order valence-corrected chi connectivity index (χ1v) is 9.26. The molecular weight excluding hydrogens is 332 g/mol. The number of hydrogen-bond donors (Lipinski definition) is 1. The van der Waals surface area contributed by atoms with Crippen LogP contribution in [0, 0.1) is 5.92 Å². The van der Waals surface area contributed by atoms with Crippen molar-refractivity contribution in [2.75, 3.05) is 32.8 Å². The van der Waals surface area contributed by atoms with E-state index in [-0.39, 0.29) is 12.5 Å². The first-order valence-electron chi connectivity index (χ1n) is 9.26. The molecule has 6 nitrogen and oxygen atoms in total. The molecule has 1 saturated heterocycles. The lowest BCUT2D eigenvalue weighted by atomic mass is 10.1. The lowest BCUT2D eigenvalue weighted by Crippen LogP contribution is -2.39. The van der Waals surface area contributed by atoms with Crippen LogP contribution in [-0.2, 0) is 4.79 Å². The summed E-state index contributed by atoms with van der Waals surface area (Å²) in [6.07, 6.45) is 3.88. The van der Waals surface area contributed by atoms with E-state index in [1.165, 1.54) is 38.4 Å². The fraction of sp³-hybridized carbons (Fsp3) is 0.500. The van der Waals surface area contributed by atoms with E-state index in [0.717, 1.165) is 11.9 Å². The lowest BCUT2D eigenvalue weighted by molar-refractivity contribution is -0.123. The summed E-state index contributed by atoms with van der Waals surface area (Å²) < 4.78 is 10.6. The molecule has 1 amide bonds. The van der Waals surface area contributed by atoms with Crippen LogP contribution < -0.4 is 15.7 Å². The number of carbonyl (C=O) groups is 1. The topological polar surface area (TPSA) is 71.8 Å². The van der Waals surface area contributed by atoms with E-state index >= 15 is 0 Å². The van der Waals surface area contributed by atoms with Gasteiger partial charge < -0.3 is 19.4 Å². The number of nitrogens with one attached hydrogen (secondary N) is 1. The normalized spacial score (nSPS) is 16.3. The van der Waals surface area contributed by atoms with Crippen molar-refractivity contribution in [3.8, 4) is 5.75 Å². The second-order valence-corrected chi connectivity index (χ2v) is 7.01. The number of benzene rings is 1. The van der Waals surface area contributed by atoms with Gasteiger partial charge in [0.1, 0.15) is 11.3 Å². The number of piperidine rings is 1. The molecule has 140 valence electrons. The maximum absolute atomic E-state index is 12.0. The van der Waals surface area contributed by atoms with Crippen molar-refractivity contribution in [3.63, 3.8) is 0 Å². The third kappa shape index (κ3) is 5.33. The zero-order chi connectivity index (χ0) is 18.4. The predicted octanol–water partition coefficient (Wildman–Crippen LogP) is 2.41. The number of fused-ring (bicyclic) bond motifs is 1. The molecule has 26 heavy (non-hydrogen) atoms. The molecule has 1 aromatic heterocycles. The van der Waals surface area contributed by atoms with E-state index in [1.54, 1.807) is 24.3 Å². The summed E-state index contributed by atoms with van der Waals surface area (Å²) in [7, 11) is 0. The third-order valence-corrected chi connectivity index (χ3v) is 4.63. The third-order valence-electron chi connectivity index (χ3n) is 4.63. The van der Waals surface area contributed by atoms with Gasteiger partial charge in [-0.05, 0) is 50.0 Å². The number of rotatable bonds is 7. The molecule has 0 radical (unpaired) electrons. The minimum absolute atomic E-state index is 0.0565. The number of carbonyl (C=O) groups excluding carboxylic acids is 1. The molecule has 0 saturated carbocycles. The summed E-state index contributed by atoms with van der Waals surface area (Å²) in [5, 5.41) is 3.74. The Labute approximate surface area is 153 Å². The second kappa shape index (κ2) is 8.85. The number of likely N-dealkylation sites (tertiary alicyclic amines) is 1. The van der Waals surface area contributed by atoms with Crippen LogP contribution in [-0.4, -0.2) is 43.6 Å². The molecule has 1 aromatic carbocycles. The van der Waals surface area contributed by atoms with Gasteiger partial charge in [-0.1, -0.05) is 13.3 Å². The number of nitrogens with zero attached hydrogens (tertiary/aromatic N) is 1. The Kier molecular flexibility index (Phi) is 6.28. The van der Waals surface area contributed by atoms with Gasteiger partial charge in [-0.15, -0.1) is 0 Å². The van der Waals surface area contributed by atoms with E-state index in [0.29, 0.717) is 23.8 Å². The van der Waals surface area contributed by atoms with Gasteiger partial charge in [0.15, 0.2) is 6.61 Å². The van der Waals surface area contributed by atoms with E-state index in [1.807, 2.05) is 0 Å². The van der Waals surface area contributed by atoms with Crippen LogP contribution in [0.15, 0.2) is 39.5 Å². The largest absolute Gasteiger partial charge is 0.484 e. The van der Waals surface area contributed by atoms with Gasteiger partial charge in [-0.25, -0.2) is 4.79 Å². The highest BCUT2D eigenvalue weighted by molar-refractivity contribution is 5.79. The minimum atomic E-state index is -0.407. The maximum Gasteiger partial charge on any atom is 0.336 e. The highest BCUT2D eigenvalue weighted by Gasteiger charge is 2.14. The fourth-order valence-electron chi connectivity index (χ4n) is 3.27. The van der Waals surface area contributed by atoms with Crippen LogP contribution in [0.1, 0.15) is 26.2 Å². The molecule has 3 rings (SSSR count). The Balaban J connectivity index is 1.42. The molecule has 1 N–H and O–H groups in total. The summed E-state index contributed by atoms with van der Waals surface area (Å²) in [6.45, 7) is 6.09. The average Bonchev–Trinajstić information content (AvgIpc) is 2.65. The molecule has 0 bridgehead atoms. The van der Waals surface area contributed by atoms with Crippen molar-refractivity contribution in [2.24, 2.45) is 5.92 Å². The summed E-state index contributed by atoms with van der Waals surface area (Å²) >= 11 is 0. The molecule has 1 aliphatic rings. The predicted molar refractivity (Wildman–Crippen MR) is 100 cm³/mol. The number of hydrogen-bond acceptors (Lipinski definition) is 5. The van der Waals surface area contributed by atoms with Crippen molar-refractivity contribution < 1.29 is 13.9 Å². The van der Waals surface area contributed by atoms with Crippen LogP contribution in [0.4, 0.5) is 0 Å². The highest BCUT2D eigenvalue weighted by Crippen LogP contribution is 2.19. The number of amides is 1. The van der Waals surface area contributed by atoms with E-state index in [4.69, 9.17) is 9.15 Å².